The molecule has 0 unspecified atom stereocenters. The molecule has 0 bridgehead atoms. The highest BCUT2D eigenvalue weighted by Crippen LogP contribution is 2.28. The zero-order valence-corrected chi connectivity index (χ0v) is 15.3. The molecule has 0 fully saturated rings. The number of benzene rings is 2. The predicted octanol–water partition coefficient (Wildman–Crippen LogP) is 2.73. The van der Waals surface area contributed by atoms with E-state index in [1.54, 1.807) is 30.3 Å². The second kappa shape index (κ2) is 8.96. The minimum absolute atomic E-state index is 0.198. The van der Waals surface area contributed by atoms with Crippen LogP contribution in [-0.4, -0.2) is 39.7 Å². The molecule has 0 saturated heterocycles. The van der Waals surface area contributed by atoms with Crippen LogP contribution in [0.3, 0.4) is 0 Å². The fourth-order valence-corrected chi connectivity index (χ4v) is 2.45. The number of nitrogens with one attached hydrogen (secondary N) is 2. The molecule has 0 heterocycles. The van der Waals surface area contributed by atoms with E-state index in [2.05, 4.69) is 10.6 Å². The highest BCUT2D eigenvalue weighted by molar-refractivity contribution is 6.32. The molecule has 7 nitrogen and oxygen atoms in total. The zero-order chi connectivity index (χ0) is 19.1. The van der Waals surface area contributed by atoms with Crippen LogP contribution in [0.4, 0.5) is 5.69 Å². The molecule has 0 saturated carbocycles. The first kappa shape index (κ1) is 19.4. The van der Waals surface area contributed by atoms with Crippen molar-refractivity contribution in [1.82, 2.24) is 5.32 Å². The fraction of sp³-hybridized carbons (Fsp3) is 0.222. The summed E-state index contributed by atoms with van der Waals surface area (Å²) in [6, 6.07) is 9.59. The van der Waals surface area contributed by atoms with Crippen LogP contribution < -0.4 is 24.8 Å². The van der Waals surface area contributed by atoms with Crippen LogP contribution in [0.25, 0.3) is 0 Å². The molecule has 0 spiro atoms. The Morgan fingerprint density at radius 1 is 0.923 bits per heavy atom. The summed E-state index contributed by atoms with van der Waals surface area (Å²) in [6.45, 7) is -0.198. The molecule has 2 aromatic rings. The van der Waals surface area contributed by atoms with Crippen LogP contribution in [-0.2, 0) is 4.79 Å². The number of hydrogen-bond acceptors (Lipinski definition) is 5. The van der Waals surface area contributed by atoms with Crippen molar-refractivity contribution in [2.24, 2.45) is 0 Å². The van der Waals surface area contributed by atoms with Gasteiger partial charge in [0.05, 0.1) is 32.9 Å². The normalized spacial score (nSPS) is 10.0. The van der Waals surface area contributed by atoms with E-state index in [0.29, 0.717) is 33.5 Å². The van der Waals surface area contributed by atoms with Crippen molar-refractivity contribution in [3.8, 4) is 17.2 Å². The monoisotopic (exact) mass is 378 g/mol. The molecule has 8 heteroatoms. The summed E-state index contributed by atoms with van der Waals surface area (Å²) in [6.07, 6.45) is 0. The Kier molecular flexibility index (Phi) is 6.68. The molecular weight excluding hydrogens is 360 g/mol. The average Bonchev–Trinajstić information content (AvgIpc) is 2.65. The molecule has 138 valence electrons. The van der Waals surface area contributed by atoms with Crippen LogP contribution in [0.1, 0.15) is 10.4 Å². The maximum Gasteiger partial charge on any atom is 0.251 e. The quantitative estimate of drug-likeness (QED) is 0.773. The van der Waals surface area contributed by atoms with E-state index in [1.807, 2.05) is 0 Å². The van der Waals surface area contributed by atoms with Gasteiger partial charge in [-0.25, -0.2) is 0 Å². The second-order valence-corrected chi connectivity index (χ2v) is 5.56. The third kappa shape index (κ3) is 4.80. The van der Waals surface area contributed by atoms with Gasteiger partial charge in [0.15, 0.2) is 11.5 Å². The molecule has 0 radical (unpaired) electrons. The van der Waals surface area contributed by atoms with Gasteiger partial charge in [-0.1, -0.05) is 11.6 Å². The largest absolute Gasteiger partial charge is 0.495 e. The second-order valence-electron chi connectivity index (χ2n) is 5.15. The number of hydrogen-bond donors (Lipinski definition) is 2. The average molecular weight is 379 g/mol. The Balaban J connectivity index is 1.94. The molecule has 2 N–H and O–H groups in total. The Bertz CT molecular complexity index is 810. The van der Waals surface area contributed by atoms with Crippen LogP contribution in [0.15, 0.2) is 36.4 Å². The molecule has 2 aromatic carbocycles. The van der Waals surface area contributed by atoms with Gasteiger partial charge in [-0.2, -0.15) is 0 Å². The van der Waals surface area contributed by atoms with Crippen molar-refractivity contribution in [1.29, 1.82) is 0 Å². The van der Waals surface area contributed by atoms with Gasteiger partial charge in [-0.3, -0.25) is 9.59 Å². The van der Waals surface area contributed by atoms with Crippen LogP contribution in [0, 0.1) is 0 Å². The van der Waals surface area contributed by atoms with Gasteiger partial charge in [0, 0.05) is 11.3 Å². The van der Waals surface area contributed by atoms with Gasteiger partial charge in [0.1, 0.15) is 5.75 Å². The Labute approximate surface area is 156 Å². The summed E-state index contributed by atoms with van der Waals surface area (Å²) < 4.78 is 15.3. The van der Waals surface area contributed by atoms with Crippen LogP contribution >= 0.6 is 11.6 Å². The molecule has 26 heavy (non-hydrogen) atoms. The molecular formula is C18H19ClN2O5. The first-order valence-electron chi connectivity index (χ1n) is 7.62. The minimum atomic E-state index is -0.408. The van der Waals surface area contributed by atoms with Crippen molar-refractivity contribution in [2.75, 3.05) is 33.2 Å². The number of carbonyl (C=O) groups is 2. The highest BCUT2D eigenvalue weighted by Gasteiger charge is 2.12. The van der Waals surface area contributed by atoms with Gasteiger partial charge in [-0.05, 0) is 36.4 Å². The van der Waals surface area contributed by atoms with Crippen molar-refractivity contribution in [2.45, 2.75) is 0 Å². The molecule has 0 aromatic heterocycles. The summed E-state index contributed by atoms with van der Waals surface area (Å²) in [5.41, 5.74) is 0.851. The molecule has 0 aliphatic heterocycles. The SMILES string of the molecule is COc1ccc(NC(=O)CNC(=O)c2ccc(OC)c(OC)c2)cc1Cl. The molecule has 2 amide bonds. The lowest BCUT2D eigenvalue weighted by molar-refractivity contribution is -0.115. The number of anilines is 1. The fourth-order valence-electron chi connectivity index (χ4n) is 2.19. The lowest BCUT2D eigenvalue weighted by atomic mass is 10.2. The first-order valence-corrected chi connectivity index (χ1v) is 8.00. The molecule has 0 aliphatic rings. The first-order chi connectivity index (χ1) is 12.5. The number of methoxy groups -OCH3 is 3. The lowest BCUT2D eigenvalue weighted by Crippen LogP contribution is -2.32. The number of halogens is 1. The maximum absolute atomic E-state index is 12.2. The molecule has 2 rings (SSSR count). The van der Waals surface area contributed by atoms with E-state index in [4.69, 9.17) is 25.8 Å². The minimum Gasteiger partial charge on any atom is -0.495 e. The van der Waals surface area contributed by atoms with E-state index in [0.717, 1.165) is 0 Å². The van der Waals surface area contributed by atoms with Gasteiger partial charge in [0.2, 0.25) is 5.91 Å². The number of rotatable bonds is 7. The standard InChI is InChI=1S/C18H19ClN2O5/c1-24-14-7-5-12(9-13(14)19)21-17(22)10-20-18(23)11-4-6-15(25-2)16(8-11)26-3/h4-9H,10H2,1-3H3,(H,20,23)(H,21,22). The van der Waals surface area contributed by atoms with Crippen molar-refractivity contribution >= 4 is 29.1 Å². The van der Waals surface area contributed by atoms with Gasteiger partial charge < -0.3 is 24.8 Å². The zero-order valence-electron chi connectivity index (χ0n) is 14.6. The predicted molar refractivity (Wildman–Crippen MR) is 98.5 cm³/mol. The Morgan fingerprint density at radius 3 is 2.19 bits per heavy atom. The van der Waals surface area contributed by atoms with E-state index in [1.165, 1.54) is 27.4 Å². The number of amides is 2. The maximum atomic E-state index is 12.2. The summed E-state index contributed by atoms with van der Waals surface area (Å²) in [7, 11) is 4.49. The van der Waals surface area contributed by atoms with Crippen LogP contribution in [0.5, 0.6) is 17.2 Å². The van der Waals surface area contributed by atoms with Crippen LogP contribution in [0.2, 0.25) is 5.02 Å². The van der Waals surface area contributed by atoms with E-state index < -0.39 is 5.91 Å². The van der Waals surface area contributed by atoms with Gasteiger partial charge >= 0.3 is 0 Å². The van der Waals surface area contributed by atoms with Crippen molar-refractivity contribution < 1.29 is 23.8 Å². The van der Waals surface area contributed by atoms with E-state index in [9.17, 15) is 9.59 Å². The molecule has 0 aliphatic carbocycles. The Hall–Kier alpha value is -2.93. The van der Waals surface area contributed by atoms with Crippen molar-refractivity contribution in [3.63, 3.8) is 0 Å². The summed E-state index contributed by atoms with van der Waals surface area (Å²) in [4.78, 5) is 24.2. The topological polar surface area (TPSA) is 85.9 Å². The Morgan fingerprint density at radius 2 is 1.58 bits per heavy atom. The third-order valence-corrected chi connectivity index (χ3v) is 3.79. The highest BCUT2D eigenvalue weighted by atomic mass is 35.5. The van der Waals surface area contributed by atoms with Gasteiger partial charge in [-0.15, -0.1) is 0 Å². The number of carbonyl (C=O) groups excluding carboxylic acids is 2. The van der Waals surface area contributed by atoms with E-state index in [-0.39, 0.29) is 12.5 Å². The third-order valence-electron chi connectivity index (χ3n) is 3.49. The summed E-state index contributed by atoms with van der Waals surface area (Å²) in [5.74, 6) is 0.649. The summed E-state index contributed by atoms with van der Waals surface area (Å²) in [5, 5.41) is 5.56. The lowest BCUT2D eigenvalue weighted by Gasteiger charge is -2.11. The number of ether oxygens (including phenoxy) is 3. The van der Waals surface area contributed by atoms with Crippen molar-refractivity contribution in [3.05, 3.63) is 47.0 Å². The summed E-state index contributed by atoms with van der Waals surface area (Å²) >= 11 is 6.01. The smallest absolute Gasteiger partial charge is 0.251 e. The van der Waals surface area contributed by atoms with E-state index >= 15 is 0 Å². The molecule has 0 atom stereocenters. The van der Waals surface area contributed by atoms with Gasteiger partial charge in [0.25, 0.3) is 5.91 Å².